The lowest BCUT2D eigenvalue weighted by Gasteiger charge is -2.15. The number of ether oxygens (including phenoxy) is 2. The molecular formula is C32H26N2O4. The van der Waals surface area contributed by atoms with Gasteiger partial charge in [-0.15, -0.1) is 0 Å². The highest BCUT2D eigenvalue weighted by Gasteiger charge is 2.16. The molecule has 1 amide bonds. The first-order valence-corrected chi connectivity index (χ1v) is 12.3. The van der Waals surface area contributed by atoms with E-state index in [4.69, 9.17) is 9.47 Å². The summed E-state index contributed by atoms with van der Waals surface area (Å²) in [6, 6.07) is 32.0. The Morgan fingerprint density at radius 1 is 0.763 bits per heavy atom. The summed E-state index contributed by atoms with van der Waals surface area (Å²) in [5.74, 6) is 0.0742. The number of hydrazone groups is 1. The molecule has 6 nitrogen and oxygen atoms in total. The molecule has 5 aromatic carbocycles. The molecule has 0 aliphatic heterocycles. The van der Waals surface area contributed by atoms with E-state index >= 15 is 0 Å². The third kappa shape index (κ3) is 5.39. The Morgan fingerprint density at radius 2 is 1.42 bits per heavy atom. The highest BCUT2D eigenvalue weighted by atomic mass is 16.5. The van der Waals surface area contributed by atoms with E-state index in [0.29, 0.717) is 22.6 Å². The van der Waals surface area contributed by atoms with Crippen LogP contribution < -0.4 is 14.9 Å². The number of amides is 1. The summed E-state index contributed by atoms with van der Waals surface area (Å²) < 4.78 is 11.7. The molecule has 6 heteroatoms. The predicted molar refractivity (Wildman–Crippen MR) is 150 cm³/mol. The average molecular weight is 503 g/mol. The van der Waals surface area contributed by atoms with Gasteiger partial charge in [0.2, 0.25) is 0 Å². The number of esters is 1. The normalized spacial score (nSPS) is 11.9. The standard InChI is InChI=1S/C32H26N2O4/c1-21-14-16-25(17-15-21)32(36)38-30-19-18-24-9-3-5-11-26(24)28(30)20-33-34-31(35)22(2)37-29-13-7-10-23-8-4-6-12-27(23)29/h3-20,22H,1-2H3,(H,34,35)/b33-20-/t22-/m0/s1. The van der Waals surface area contributed by atoms with Crippen molar-refractivity contribution in [1.82, 2.24) is 5.43 Å². The van der Waals surface area contributed by atoms with Crippen LogP contribution in [-0.2, 0) is 4.79 Å². The molecule has 0 radical (unpaired) electrons. The van der Waals surface area contributed by atoms with Crippen LogP contribution in [0.15, 0.2) is 108 Å². The zero-order valence-electron chi connectivity index (χ0n) is 21.0. The van der Waals surface area contributed by atoms with Crippen molar-refractivity contribution in [3.63, 3.8) is 0 Å². The van der Waals surface area contributed by atoms with Gasteiger partial charge in [0.15, 0.2) is 6.10 Å². The molecule has 38 heavy (non-hydrogen) atoms. The van der Waals surface area contributed by atoms with E-state index in [0.717, 1.165) is 27.1 Å². The Morgan fingerprint density at radius 3 is 2.18 bits per heavy atom. The van der Waals surface area contributed by atoms with Crippen LogP contribution in [0.25, 0.3) is 21.5 Å². The zero-order chi connectivity index (χ0) is 26.5. The van der Waals surface area contributed by atoms with Crippen molar-refractivity contribution >= 4 is 39.6 Å². The van der Waals surface area contributed by atoms with Crippen molar-refractivity contribution < 1.29 is 19.1 Å². The smallest absolute Gasteiger partial charge is 0.343 e. The maximum absolute atomic E-state index is 12.8. The summed E-state index contributed by atoms with van der Waals surface area (Å²) in [5.41, 5.74) is 4.62. The van der Waals surface area contributed by atoms with E-state index in [-0.39, 0.29) is 0 Å². The number of carbonyl (C=O) groups excluding carboxylic acids is 2. The Balaban J connectivity index is 1.35. The molecule has 5 aromatic rings. The number of nitrogens with zero attached hydrogens (tertiary/aromatic N) is 1. The topological polar surface area (TPSA) is 77.0 Å². The van der Waals surface area contributed by atoms with Crippen LogP contribution in [-0.4, -0.2) is 24.2 Å². The Kier molecular flexibility index (Phi) is 7.13. The largest absolute Gasteiger partial charge is 0.480 e. The lowest BCUT2D eigenvalue weighted by Crippen LogP contribution is -2.33. The fourth-order valence-corrected chi connectivity index (χ4v) is 4.14. The van der Waals surface area contributed by atoms with Gasteiger partial charge in [0.05, 0.1) is 11.8 Å². The molecular weight excluding hydrogens is 476 g/mol. The first-order chi connectivity index (χ1) is 18.5. The minimum atomic E-state index is -0.788. The first-order valence-electron chi connectivity index (χ1n) is 12.3. The van der Waals surface area contributed by atoms with Gasteiger partial charge in [-0.05, 0) is 54.3 Å². The molecule has 0 fully saturated rings. The van der Waals surface area contributed by atoms with Gasteiger partial charge in [-0.3, -0.25) is 4.79 Å². The molecule has 0 aliphatic rings. The van der Waals surface area contributed by atoms with Crippen molar-refractivity contribution in [3.05, 3.63) is 120 Å². The monoisotopic (exact) mass is 502 g/mol. The summed E-state index contributed by atoms with van der Waals surface area (Å²) >= 11 is 0. The number of aryl methyl sites for hydroxylation is 1. The van der Waals surface area contributed by atoms with Crippen LogP contribution in [0.1, 0.15) is 28.4 Å². The van der Waals surface area contributed by atoms with Crippen LogP contribution in [0.2, 0.25) is 0 Å². The van der Waals surface area contributed by atoms with Crippen molar-refractivity contribution in [2.75, 3.05) is 0 Å². The maximum Gasteiger partial charge on any atom is 0.343 e. The van der Waals surface area contributed by atoms with Gasteiger partial charge in [-0.1, -0.05) is 84.4 Å². The molecule has 0 unspecified atom stereocenters. The van der Waals surface area contributed by atoms with Crippen molar-refractivity contribution in [1.29, 1.82) is 0 Å². The van der Waals surface area contributed by atoms with Gasteiger partial charge in [-0.25, -0.2) is 10.2 Å². The molecule has 5 rings (SSSR count). The molecule has 0 bridgehead atoms. The second-order valence-electron chi connectivity index (χ2n) is 8.93. The molecule has 0 aromatic heterocycles. The van der Waals surface area contributed by atoms with Crippen LogP contribution in [0, 0.1) is 6.92 Å². The fourth-order valence-electron chi connectivity index (χ4n) is 4.14. The predicted octanol–water partition coefficient (Wildman–Crippen LogP) is 6.44. The number of hydrogen-bond donors (Lipinski definition) is 1. The first kappa shape index (κ1) is 24.7. The van der Waals surface area contributed by atoms with Crippen LogP contribution in [0.3, 0.4) is 0 Å². The van der Waals surface area contributed by atoms with Gasteiger partial charge < -0.3 is 9.47 Å². The van der Waals surface area contributed by atoms with E-state index in [1.54, 1.807) is 25.1 Å². The Hall–Kier alpha value is -4.97. The van der Waals surface area contributed by atoms with E-state index in [1.165, 1.54) is 6.21 Å². The highest BCUT2D eigenvalue weighted by Crippen LogP contribution is 2.28. The van der Waals surface area contributed by atoms with Crippen LogP contribution in [0.4, 0.5) is 0 Å². The quantitative estimate of drug-likeness (QED) is 0.120. The molecule has 0 heterocycles. The zero-order valence-corrected chi connectivity index (χ0v) is 21.0. The van der Waals surface area contributed by atoms with Gasteiger partial charge >= 0.3 is 5.97 Å². The maximum atomic E-state index is 12.8. The van der Waals surface area contributed by atoms with Crippen LogP contribution >= 0.6 is 0 Å². The number of rotatable bonds is 7. The molecule has 0 aliphatic carbocycles. The van der Waals surface area contributed by atoms with E-state index in [1.807, 2.05) is 91.9 Å². The summed E-state index contributed by atoms with van der Waals surface area (Å²) in [6.45, 7) is 3.62. The number of nitrogens with one attached hydrogen (secondary N) is 1. The molecule has 0 saturated heterocycles. The summed E-state index contributed by atoms with van der Waals surface area (Å²) in [7, 11) is 0. The average Bonchev–Trinajstić information content (AvgIpc) is 2.94. The van der Waals surface area contributed by atoms with Gasteiger partial charge in [0.25, 0.3) is 5.91 Å². The molecule has 1 N–H and O–H groups in total. The molecule has 0 saturated carbocycles. The van der Waals surface area contributed by atoms with Crippen molar-refractivity contribution in [2.24, 2.45) is 5.10 Å². The third-order valence-corrected chi connectivity index (χ3v) is 6.21. The van der Waals surface area contributed by atoms with Crippen molar-refractivity contribution in [2.45, 2.75) is 20.0 Å². The van der Waals surface area contributed by atoms with Crippen LogP contribution in [0.5, 0.6) is 11.5 Å². The van der Waals surface area contributed by atoms with E-state index in [2.05, 4.69) is 10.5 Å². The summed E-state index contributed by atoms with van der Waals surface area (Å²) in [4.78, 5) is 25.6. The lowest BCUT2D eigenvalue weighted by molar-refractivity contribution is -0.127. The summed E-state index contributed by atoms with van der Waals surface area (Å²) in [6.07, 6.45) is 0.701. The Bertz CT molecular complexity index is 1650. The highest BCUT2D eigenvalue weighted by molar-refractivity contribution is 6.04. The number of carbonyl (C=O) groups is 2. The van der Waals surface area contributed by atoms with E-state index in [9.17, 15) is 9.59 Å². The second kappa shape index (κ2) is 11.0. The minimum absolute atomic E-state index is 0.340. The molecule has 1 atom stereocenters. The molecule has 188 valence electrons. The lowest BCUT2D eigenvalue weighted by atomic mass is 10.0. The number of fused-ring (bicyclic) bond motifs is 2. The SMILES string of the molecule is Cc1ccc(C(=O)Oc2ccc3ccccc3c2/C=N\NC(=O)[C@H](C)Oc2cccc3ccccc23)cc1. The molecule has 0 spiro atoms. The van der Waals surface area contributed by atoms with Crippen molar-refractivity contribution in [3.8, 4) is 11.5 Å². The summed E-state index contributed by atoms with van der Waals surface area (Å²) in [5, 5.41) is 7.91. The number of benzene rings is 5. The third-order valence-electron chi connectivity index (χ3n) is 6.21. The van der Waals surface area contributed by atoms with E-state index < -0.39 is 18.0 Å². The fraction of sp³-hybridized carbons (Fsp3) is 0.0938. The second-order valence-corrected chi connectivity index (χ2v) is 8.93. The van der Waals surface area contributed by atoms with Gasteiger partial charge in [0, 0.05) is 10.9 Å². The Labute approximate surface area is 220 Å². The van der Waals surface area contributed by atoms with Gasteiger partial charge in [0.1, 0.15) is 11.5 Å². The van der Waals surface area contributed by atoms with Gasteiger partial charge in [-0.2, -0.15) is 5.10 Å². The minimum Gasteiger partial charge on any atom is -0.480 e. The number of hydrogen-bond acceptors (Lipinski definition) is 5.